The Balaban J connectivity index is 1.79. The zero-order valence-electron chi connectivity index (χ0n) is 17.5. The van der Waals surface area contributed by atoms with Gasteiger partial charge in [-0.2, -0.15) is 5.26 Å². The summed E-state index contributed by atoms with van der Waals surface area (Å²) in [6, 6.07) is 19.6. The third-order valence-electron chi connectivity index (χ3n) is 4.53. The molecule has 0 atom stereocenters. The van der Waals surface area contributed by atoms with Crippen LogP contribution in [0.4, 0.5) is 5.69 Å². The molecule has 7 nitrogen and oxygen atoms in total. The fraction of sp³-hybridized carbons (Fsp3) is 0.0800. The van der Waals surface area contributed by atoms with Crippen LogP contribution in [0.5, 0.6) is 11.5 Å². The Hall–Kier alpha value is -4.28. The number of hydrogen-bond donors (Lipinski definition) is 1. The highest BCUT2D eigenvalue weighted by Gasteiger charge is 2.12. The van der Waals surface area contributed by atoms with Gasteiger partial charge in [0.2, 0.25) is 0 Å². The van der Waals surface area contributed by atoms with E-state index in [1.807, 2.05) is 18.2 Å². The molecule has 3 aromatic rings. The Morgan fingerprint density at radius 3 is 2.52 bits per heavy atom. The van der Waals surface area contributed by atoms with Gasteiger partial charge in [0.15, 0.2) is 11.5 Å². The highest BCUT2D eigenvalue weighted by atomic mass is 35.5. The summed E-state index contributed by atoms with van der Waals surface area (Å²) in [5, 5.41) is 23.6. The van der Waals surface area contributed by atoms with Crippen LogP contribution in [-0.4, -0.2) is 19.0 Å². The summed E-state index contributed by atoms with van der Waals surface area (Å²) in [5.74, 6) is -1.14. The molecule has 0 aliphatic heterocycles. The second-order valence-electron chi connectivity index (χ2n) is 6.82. The van der Waals surface area contributed by atoms with Crippen LogP contribution in [0, 0.1) is 11.3 Å². The maximum Gasteiger partial charge on any atom is 0.266 e. The van der Waals surface area contributed by atoms with Crippen molar-refractivity contribution in [2.45, 2.75) is 6.61 Å². The Morgan fingerprint density at radius 1 is 1.09 bits per heavy atom. The van der Waals surface area contributed by atoms with E-state index in [4.69, 9.17) is 21.1 Å². The molecule has 1 N–H and O–H groups in total. The summed E-state index contributed by atoms with van der Waals surface area (Å²) in [6.07, 6.45) is 1.40. The van der Waals surface area contributed by atoms with Gasteiger partial charge in [-0.05, 0) is 59.2 Å². The van der Waals surface area contributed by atoms with Gasteiger partial charge in [-0.3, -0.25) is 4.79 Å². The van der Waals surface area contributed by atoms with Crippen molar-refractivity contribution in [2.24, 2.45) is 0 Å². The van der Waals surface area contributed by atoms with E-state index >= 15 is 0 Å². The first kappa shape index (κ1) is 23.4. The lowest BCUT2D eigenvalue weighted by atomic mass is 10.1. The van der Waals surface area contributed by atoms with Crippen molar-refractivity contribution in [1.29, 1.82) is 5.26 Å². The summed E-state index contributed by atoms with van der Waals surface area (Å²) < 4.78 is 11.2. The normalized spacial score (nSPS) is 10.8. The van der Waals surface area contributed by atoms with Crippen molar-refractivity contribution >= 4 is 35.2 Å². The van der Waals surface area contributed by atoms with Gasteiger partial charge >= 0.3 is 0 Å². The first-order valence-electron chi connectivity index (χ1n) is 9.69. The molecule has 0 saturated heterocycles. The minimum Gasteiger partial charge on any atom is -0.545 e. The number of ether oxygens (including phenoxy) is 2. The van der Waals surface area contributed by atoms with Gasteiger partial charge in [0.1, 0.15) is 18.2 Å². The molecule has 3 rings (SSSR count). The number of hydrogen-bond acceptors (Lipinski definition) is 6. The molecule has 0 saturated carbocycles. The molecule has 1 amide bonds. The van der Waals surface area contributed by atoms with E-state index in [-0.39, 0.29) is 23.4 Å². The Kier molecular flexibility index (Phi) is 7.68. The van der Waals surface area contributed by atoms with Gasteiger partial charge in [0, 0.05) is 10.7 Å². The van der Waals surface area contributed by atoms with Crippen molar-refractivity contribution in [2.75, 3.05) is 12.4 Å². The molecule has 0 spiro atoms. The van der Waals surface area contributed by atoms with Crippen LogP contribution in [0.3, 0.4) is 0 Å². The number of nitrogens with zero attached hydrogens (tertiary/aromatic N) is 1. The van der Waals surface area contributed by atoms with Crippen molar-refractivity contribution in [3.05, 3.63) is 94.0 Å². The average molecular weight is 462 g/mol. The molecule has 0 aromatic heterocycles. The van der Waals surface area contributed by atoms with Crippen LogP contribution in [0.15, 0.2) is 72.3 Å². The fourth-order valence-corrected chi connectivity index (χ4v) is 3.00. The number of aromatic carboxylic acids is 1. The van der Waals surface area contributed by atoms with Crippen molar-refractivity contribution in [3.8, 4) is 17.6 Å². The van der Waals surface area contributed by atoms with Gasteiger partial charge in [-0.1, -0.05) is 41.9 Å². The topological polar surface area (TPSA) is 111 Å². The van der Waals surface area contributed by atoms with E-state index in [0.717, 1.165) is 5.56 Å². The van der Waals surface area contributed by atoms with Crippen LogP contribution in [0.1, 0.15) is 21.5 Å². The van der Waals surface area contributed by atoms with Crippen molar-refractivity contribution in [3.63, 3.8) is 0 Å². The lowest BCUT2D eigenvalue weighted by Gasteiger charge is -2.12. The predicted molar refractivity (Wildman–Crippen MR) is 122 cm³/mol. The minimum absolute atomic E-state index is 0.0899. The number of rotatable bonds is 8. The molecular weight excluding hydrogens is 444 g/mol. The number of carboxylic acid groups (broad SMARTS) is 1. The maximum atomic E-state index is 12.5. The van der Waals surface area contributed by atoms with E-state index in [2.05, 4.69) is 5.32 Å². The van der Waals surface area contributed by atoms with Gasteiger partial charge in [0.25, 0.3) is 5.91 Å². The third-order valence-corrected chi connectivity index (χ3v) is 4.78. The predicted octanol–water partition coefficient (Wildman–Crippen LogP) is 3.84. The lowest BCUT2D eigenvalue weighted by molar-refractivity contribution is -0.255. The second-order valence-corrected chi connectivity index (χ2v) is 7.25. The number of nitriles is 1. The van der Waals surface area contributed by atoms with Crippen LogP contribution in [0.25, 0.3) is 6.08 Å². The average Bonchev–Trinajstić information content (AvgIpc) is 2.82. The fourth-order valence-electron chi connectivity index (χ4n) is 2.88. The van der Waals surface area contributed by atoms with Crippen LogP contribution >= 0.6 is 11.6 Å². The number of anilines is 1. The third kappa shape index (κ3) is 6.35. The molecule has 0 fully saturated rings. The molecule has 0 heterocycles. The Bertz CT molecular complexity index is 1250. The van der Waals surface area contributed by atoms with E-state index in [9.17, 15) is 20.0 Å². The number of amides is 1. The first-order valence-corrected chi connectivity index (χ1v) is 10.1. The minimum atomic E-state index is -1.37. The maximum absolute atomic E-state index is 12.5. The molecule has 166 valence electrons. The van der Waals surface area contributed by atoms with Crippen LogP contribution in [0.2, 0.25) is 5.02 Å². The summed E-state index contributed by atoms with van der Waals surface area (Å²) in [4.78, 5) is 23.5. The SMILES string of the molecule is COc1ccc(/C=C(\C#N)C(=O)Nc2cccc(C(=O)[O-])c2)cc1OCc1ccc(Cl)cc1. The number of carboxylic acids is 1. The number of methoxy groups -OCH3 is 1. The van der Waals surface area contributed by atoms with Crippen LogP contribution in [-0.2, 0) is 11.4 Å². The van der Waals surface area contributed by atoms with Crippen molar-refractivity contribution < 1.29 is 24.2 Å². The summed E-state index contributed by atoms with van der Waals surface area (Å²) in [5.41, 5.74) is 1.40. The van der Waals surface area contributed by atoms with E-state index in [1.165, 1.54) is 37.5 Å². The van der Waals surface area contributed by atoms with E-state index < -0.39 is 11.9 Å². The summed E-state index contributed by atoms with van der Waals surface area (Å²) in [7, 11) is 1.51. The van der Waals surface area contributed by atoms with Crippen molar-refractivity contribution in [1.82, 2.24) is 0 Å². The highest BCUT2D eigenvalue weighted by Crippen LogP contribution is 2.30. The second kappa shape index (κ2) is 10.8. The monoisotopic (exact) mass is 461 g/mol. The molecule has 0 bridgehead atoms. The molecule has 0 aliphatic rings. The Morgan fingerprint density at radius 2 is 1.85 bits per heavy atom. The largest absolute Gasteiger partial charge is 0.545 e. The van der Waals surface area contributed by atoms with E-state index in [0.29, 0.717) is 22.1 Å². The number of benzene rings is 3. The number of nitrogens with one attached hydrogen (secondary N) is 1. The Labute approximate surface area is 195 Å². The number of halogens is 1. The summed E-state index contributed by atoms with van der Waals surface area (Å²) in [6.45, 7) is 0.265. The molecule has 0 unspecified atom stereocenters. The van der Waals surface area contributed by atoms with E-state index in [1.54, 1.807) is 30.3 Å². The first-order chi connectivity index (χ1) is 15.9. The zero-order chi connectivity index (χ0) is 23.8. The zero-order valence-corrected chi connectivity index (χ0v) is 18.3. The number of carbonyl (C=O) groups is 2. The molecule has 8 heteroatoms. The standard InChI is InChI=1S/C25H19ClN2O5/c1-32-22-10-7-17(12-23(22)33-15-16-5-8-20(26)9-6-16)11-19(14-27)24(29)28-21-4-2-3-18(13-21)25(30)31/h2-13H,15H2,1H3,(H,28,29)(H,30,31)/p-1/b19-11+. The quantitative estimate of drug-likeness (QED) is 0.403. The smallest absolute Gasteiger partial charge is 0.266 e. The van der Waals surface area contributed by atoms with Gasteiger partial charge in [-0.15, -0.1) is 0 Å². The van der Waals surface area contributed by atoms with Crippen LogP contribution < -0.4 is 19.9 Å². The molecular formula is C25H18ClN2O5-. The molecule has 0 aliphatic carbocycles. The summed E-state index contributed by atoms with van der Waals surface area (Å²) >= 11 is 5.90. The molecule has 0 radical (unpaired) electrons. The van der Waals surface area contributed by atoms with Gasteiger partial charge < -0.3 is 24.7 Å². The lowest BCUT2D eigenvalue weighted by Crippen LogP contribution is -2.22. The number of carbonyl (C=O) groups excluding carboxylic acids is 2. The molecule has 3 aromatic carbocycles. The highest BCUT2D eigenvalue weighted by molar-refractivity contribution is 6.30. The molecule has 33 heavy (non-hydrogen) atoms. The van der Waals surface area contributed by atoms with Gasteiger partial charge in [0.05, 0.1) is 13.1 Å². The van der Waals surface area contributed by atoms with Gasteiger partial charge in [-0.25, -0.2) is 0 Å².